The van der Waals surface area contributed by atoms with Gasteiger partial charge in [0.25, 0.3) is 0 Å². The van der Waals surface area contributed by atoms with Crippen molar-refractivity contribution >= 4 is 11.9 Å². The SMILES string of the molecule is NC(=O)c1ccc(-c2cnc(N)nc2C2CCCCN2)cc1. The Labute approximate surface area is 129 Å². The largest absolute Gasteiger partial charge is 0.368 e. The van der Waals surface area contributed by atoms with Gasteiger partial charge in [-0.3, -0.25) is 4.79 Å². The molecule has 1 aliphatic rings. The van der Waals surface area contributed by atoms with Gasteiger partial charge in [0.05, 0.1) is 11.7 Å². The molecule has 0 radical (unpaired) electrons. The van der Waals surface area contributed by atoms with Gasteiger partial charge >= 0.3 is 0 Å². The number of carbonyl (C=O) groups excluding carboxylic acids is 1. The normalized spacial score (nSPS) is 18.1. The van der Waals surface area contributed by atoms with Gasteiger partial charge < -0.3 is 16.8 Å². The minimum atomic E-state index is -0.436. The van der Waals surface area contributed by atoms with Crippen LogP contribution in [0.2, 0.25) is 0 Å². The molecule has 1 amide bonds. The van der Waals surface area contributed by atoms with Crippen molar-refractivity contribution in [3.63, 3.8) is 0 Å². The molecule has 1 aliphatic heterocycles. The summed E-state index contributed by atoms with van der Waals surface area (Å²) in [5.74, 6) is -0.158. The third kappa shape index (κ3) is 2.92. The Morgan fingerprint density at radius 3 is 2.64 bits per heavy atom. The Morgan fingerprint density at radius 2 is 2.00 bits per heavy atom. The number of hydrogen-bond acceptors (Lipinski definition) is 5. The van der Waals surface area contributed by atoms with Crippen molar-refractivity contribution in [1.29, 1.82) is 0 Å². The molecule has 1 aromatic carbocycles. The molecule has 114 valence electrons. The molecule has 2 aromatic rings. The van der Waals surface area contributed by atoms with Crippen LogP contribution in [0.1, 0.15) is 41.4 Å². The van der Waals surface area contributed by atoms with Crippen LogP contribution in [0.4, 0.5) is 5.95 Å². The summed E-state index contributed by atoms with van der Waals surface area (Å²) >= 11 is 0. The summed E-state index contributed by atoms with van der Waals surface area (Å²) in [6.07, 6.45) is 5.12. The third-order valence-corrected chi connectivity index (χ3v) is 3.96. The molecule has 1 fully saturated rings. The highest BCUT2D eigenvalue weighted by molar-refractivity contribution is 5.93. The average Bonchev–Trinajstić information content (AvgIpc) is 2.56. The Kier molecular flexibility index (Phi) is 4.02. The number of anilines is 1. The molecule has 6 heteroatoms. The van der Waals surface area contributed by atoms with E-state index in [4.69, 9.17) is 11.5 Å². The van der Waals surface area contributed by atoms with E-state index in [0.717, 1.165) is 29.8 Å². The summed E-state index contributed by atoms with van der Waals surface area (Å²) < 4.78 is 0. The van der Waals surface area contributed by atoms with Crippen molar-refractivity contribution < 1.29 is 4.79 Å². The molecule has 3 rings (SSSR count). The molecule has 5 N–H and O–H groups in total. The first-order chi connectivity index (χ1) is 10.6. The number of piperidine rings is 1. The first-order valence-electron chi connectivity index (χ1n) is 7.41. The molecule has 0 aliphatic carbocycles. The van der Waals surface area contributed by atoms with Gasteiger partial charge in [-0.2, -0.15) is 0 Å². The highest BCUT2D eigenvalue weighted by Gasteiger charge is 2.21. The first kappa shape index (κ1) is 14.5. The fraction of sp³-hybridized carbons (Fsp3) is 0.312. The highest BCUT2D eigenvalue weighted by atomic mass is 16.1. The van der Waals surface area contributed by atoms with Crippen LogP contribution < -0.4 is 16.8 Å². The molecular weight excluding hydrogens is 278 g/mol. The van der Waals surface area contributed by atoms with Gasteiger partial charge in [0.2, 0.25) is 11.9 Å². The zero-order valence-corrected chi connectivity index (χ0v) is 12.2. The number of nitrogen functional groups attached to an aromatic ring is 1. The van der Waals surface area contributed by atoms with Crippen molar-refractivity contribution in [2.24, 2.45) is 5.73 Å². The first-order valence-corrected chi connectivity index (χ1v) is 7.41. The van der Waals surface area contributed by atoms with Crippen molar-refractivity contribution in [3.05, 3.63) is 41.7 Å². The Balaban J connectivity index is 2.00. The van der Waals surface area contributed by atoms with Crippen molar-refractivity contribution in [2.75, 3.05) is 12.3 Å². The maximum atomic E-state index is 11.2. The van der Waals surface area contributed by atoms with Crippen LogP contribution >= 0.6 is 0 Å². The number of benzene rings is 1. The molecule has 1 aromatic heterocycles. The number of carbonyl (C=O) groups is 1. The maximum absolute atomic E-state index is 11.2. The molecule has 22 heavy (non-hydrogen) atoms. The van der Waals surface area contributed by atoms with E-state index < -0.39 is 5.91 Å². The molecule has 1 saturated heterocycles. The van der Waals surface area contributed by atoms with Gasteiger partial charge in [-0.15, -0.1) is 0 Å². The molecule has 0 bridgehead atoms. The second-order valence-corrected chi connectivity index (χ2v) is 5.47. The molecule has 2 heterocycles. The van der Waals surface area contributed by atoms with E-state index in [2.05, 4.69) is 15.3 Å². The Hall–Kier alpha value is -2.47. The number of nitrogens with zero attached hydrogens (tertiary/aromatic N) is 2. The van der Waals surface area contributed by atoms with Gasteiger partial charge in [-0.1, -0.05) is 18.6 Å². The fourth-order valence-corrected chi connectivity index (χ4v) is 2.80. The van der Waals surface area contributed by atoms with Gasteiger partial charge in [-0.05, 0) is 37.1 Å². The van der Waals surface area contributed by atoms with Crippen molar-refractivity contribution in [3.8, 4) is 11.1 Å². The lowest BCUT2D eigenvalue weighted by molar-refractivity contribution is 0.100. The van der Waals surface area contributed by atoms with Crippen LogP contribution in [-0.2, 0) is 0 Å². The number of amides is 1. The third-order valence-electron chi connectivity index (χ3n) is 3.96. The lowest BCUT2D eigenvalue weighted by Crippen LogP contribution is -2.28. The van der Waals surface area contributed by atoms with Gasteiger partial charge in [0.1, 0.15) is 0 Å². The number of rotatable bonds is 3. The van der Waals surface area contributed by atoms with Crippen LogP contribution in [0.5, 0.6) is 0 Å². The number of hydrogen-bond donors (Lipinski definition) is 3. The summed E-state index contributed by atoms with van der Waals surface area (Å²) in [6, 6.07) is 7.34. The molecule has 0 spiro atoms. The zero-order chi connectivity index (χ0) is 15.5. The molecule has 6 nitrogen and oxygen atoms in total. The van der Waals surface area contributed by atoms with E-state index in [-0.39, 0.29) is 12.0 Å². The van der Waals surface area contributed by atoms with E-state index in [9.17, 15) is 4.79 Å². The number of primary amides is 1. The predicted octanol–water partition coefficient (Wildman–Crippen LogP) is 1.64. The summed E-state index contributed by atoms with van der Waals surface area (Å²) in [5.41, 5.74) is 14.3. The van der Waals surface area contributed by atoms with Crippen LogP contribution in [0.25, 0.3) is 11.1 Å². The smallest absolute Gasteiger partial charge is 0.248 e. The van der Waals surface area contributed by atoms with Crippen LogP contribution in [-0.4, -0.2) is 22.4 Å². The van der Waals surface area contributed by atoms with E-state index in [0.29, 0.717) is 5.56 Å². The molecular formula is C16H19N5O. The van der Waals surface area contributed by atoms with E-state index in [1.54, 1.807) is 18.3 Å². The minimum Gasteiger partial charge on any atom is -0.368 e. The number of nitrogens with two attached hydrogens (primary N) is 2. The highest BCUT2D eigenvalue weighted by Crippen LogP contribution is 2.31. The Morgan fingerprint density at radius 1 is 1.23 bits per heavy atom. The zero-order valence-electron chi connectivity index (χ0n) is 12.2. The van der Waals surface area contributed by atoms with Gasteiger partial charge in [-0.25, -0.2) is 9.97 Å². The lowest BCUT2D eigenvalue weighted by Gasteiger charge is -2.25. The van der Waals surface area contributed by atoms with Gasteiger partial charge in [0, 0.05) is 17.3 Å². The monoisotopic (exact) mass is 297 g/mol. The maximum Gasteiger partial charge on any atom is 0.248 e. The van der Waals surface area contributed by atoms with E-state index >= 15 is 0 Å². The quantitative estimate of drug-likeness (QED) is 0.798. The van der Waals surface area contributed by atoms with Crippen LogP contribution in [0.15, 0.2) is 30.5 Å². The summed E-state index contributed by atoms with van der Waals surface area (Å²) in [7, 11) is 0. The molecule has 1 atom stereocenters. The predicted molar refractivity (Wildman–Crippen MR) is 85.0 cm³/mol. The summed E-state index contributed by atoms with van der Waals surface area (Å²) in [4.78, 5) is 19.7. The average molecular weight is 297 g/mol. The fourth-order valence-electron chi connectivity index (χ4n) is 2.80. The standard InChI is InChI=1S/C16H19N5O/c17-15(22)11-6-4-10(5-7-11)12-9-20-16(18)21-14(12)13-3-1-2-8-19-13/h4-7,9,13,19H,1-3,8H2,(H2,17,22)(H2,18,20,21). The minimum absolute atomic E-state index is 0.185. The second-order valence-electron chi connectivity index (χ2n) is 5.47. The topological polar surface area (TPSA) is 107 Å². The van der Waals surface area contributed by atoms with Crippen molar-refractivity contribution in [2.45, 2.75) is 25.3 Å². The molecule has 0 saturated carbocycles. The van der Waals surface area contributed by atoms with E-state index in [1.165, 1.54) is 12.8 Å². The van der Waals surface area contributed by atoms with Crippen molar-refractivity contribution in [1.82, 2.24) is 15.3 Å². The van der Waals surface area contributed by atoms with Gasteiger partial charge in [0.15, 0.2) is 0 Å². The second kappa shape index (κ2) is 6.11. The van der Waals surface area contributed by atoms with E-state index in [1.807, 2.05) is 12.1 Å². The van der Waals surface area contributed by atoms with Crippen LogP contribution in [0.3, 0.4) is 0 Å². The number of aromatic nitrogens is 2. The molecule has 1 unspecified atom stereocenters. The summed E-state index contributed by atoms with van der Waals surface area (Å²) in [5, 5.41) is 3.48. The van der Waals surface area contributed by atoms with Crippen LogP contribution in [0, 0.1) is 0 Å². The number of nitrogens with one attached hydrogen (secondary N) is 1. The summed E-state index contributed by atoms with van der Waals surface area (Å²) in [6.45, 7) is 0.981. The lowest BCUT2D eigenvalue weighted by atomic mass is 9.95. The Bertz CT molecular complexity index is 677.